The summed E-state index contributed by atoms with van der Waals surface area (Å²) in [4.78, 5) is 17.0. The van der Waals surface area contributed by atoms with Crippen LogP contribution in [0.15, 0.2) is 48.5 Å². The molecule has 1 atom stereocenters. The number of amides is 1. The quantitative estimate of drug-likeness (QED) is 0.746. The van der Waals surface area contributed by atoms with E-state index in [1.54, 1.807) is 7.11 Å². The minimum absolute atomic E-state index is 0.242. The Hall–Kier alpha value is -2.04. The van der Waals surface area contributed by atoms with E-state index in [-0.39, 0.29) is 11.8 Å². The van der Waals surface area contributed by atoms with Gasteiger partial charge in [-0.2, -0.15) is 0 Å². The van der Waals surface area contributed by atoms with Crippen molar-refractivity contribution in [1.29, 1.82) is 0 Å². The fourth-order valence-electron chi connectivity index (χ4n) is 3.56. The summed E-state index contributed by atoms with van der Waals surface area (Å²) >= 11 is 6.13. The molecule has 1 saturated heterocycles. The SMILES string of the molecule is COc1ccc(Cl)cc1CN1CCN(C(=O)CC(C)c2ccccc2)CC1. The molecule has 144 valence electrons. The molecular weight excluding hydrogens is 360 g/mol. The van der Waals surface area contributed by atoms with Crippen LogP contribution in [0.4, 0.5) is 0 Å². The summed E-state index contributed by atoms with van der Waals surface area (Å²) in [5, 5.41) is 0.717. The lowest BCUT2D eigenvalue weighted by Gasteiger charge is -2.35. The van der Waals surface area contributed by atoms with E-state index in [0.717, 1.165) is 49.1 Å². The lowest BCUT2D eigenvalue weighted by atomic mass is 9.97. The third-order valence-corrected chi connectivity index (χ3v) is 5.45. The van der Waals surface area contributed by atoms with E-state index in [1.165, 1.54) is 5.56 Å². The van der Waals surface area contributed by atoms with E-state index in [0.29, 0.717) is 6.42 Å². The topological polar surface area (TPSA) is 32.8 Å². The Morgan fingerprint density at radius 2 is 1.81 bits per heavy atom. The van der Waals surface area contributed by atoms with Gasteiger partial charge >= 0.3 is 0 Å². The molecule has 2 aromatic rings. The van der Waals surface area contributed by atoms with Crippen LogP contribution in [0.3, 0.4) is 0 Å². The van der Waals surface area contributed by atoms with Crippen LogP contribution in [0.2, 0.25) is 5.02 Å². The summed E-state index contributed by atoms with van der Waals surface area (Å²) in [6.07, 6.45) is 0.562. The molecule has 1 amide bonds. The number of hydrogen-bond acceptors (Lipinski definition) is 3. The minimum Gasteiger partial charge on any atom is -0.496 e. The molecule has 2 aromatic carbocycles. The van der Waals surface area contributed by atoms with Crippen LogP contribution in [-0.2, 0) is 11.3 Å². The van der Waals surface area contributed by atoms with Crippen molar-refractivity contribution in [3.63, 3.8) is 0 Å². The van der Waals surface area contributed by atoms with E-state index >= 15 is 0 Å². The van der Waals surface area contributed by atoms with Crippen molar-refractivity contribution >= 4 is 17.5 Å². The number of rotatable bonds is 6. The molecule has 1 fully saturated rings. The average molecular weight is 387 g/mol. The number of halogens is 1. The first kappa shape index (κ1) is 19.7. The molecule has 0 radical (unpaired) electrons. The van der Waals surface area contributed by atoms with Gasteiger partial charge in [-0.1, -0.05) is 48.9 Å². The fraction of sp³-hybridized carbons (Fsp3) is 0.409. The normalized spacial score (nSPS) is 16.2. The van der Waals surface area contributed by atoms with Crippen LogP contribution in [0, 0.1) is 0 Å². The molecule has 0 N–H and O–H groups in total. The standard InChI is InChI=1S/C22H27ClN2O2/c1-17(18-6-4-3-5-7-18)14-22(26)25-12-10-24(11-13-25)16-19-15-20(23)8-9-21(19)27-2/h3-9,15,17H,10-14,16H2,1-2H3. The van der Waals surface area contributed by atoms with Crippen LogP contribution in [-0.4, -0.2) is 49.0 Å². The monoisotopic (exact) mass is 386 g/mol. The highest BCUT2D eigenvalue weighted by molar-refractivity contribution is 6.30. The lowest BCUT2D eigenvalue weighted by molar-refractivity contribution is -0.133. The van der Waals surface area contributed by atoms with Gasteiger partial charge < -0.3 is 9.64 Å². The van der Waals surface area contributed by atoms with Gasteiger partial charge in [0.15, 0.2) is 0 Å². The second-order valence-electron chi connectivity index (χ2n) is 7.13. The van der Waals surface area contributed by atoms with E-state index < -0.39 is 0 Å². The molecule has 1 unspecified atom stereocenters. The molecule has 27 heavy (non-hydrogen) atoms. The lowest BCUT2D eigenvalue weighted by Crippen LogP contribution is -2.48. The summed E-state index contributed by atoms with van der Waals surface area (Å²) in [7, 11) is 1.68. The number of benzene rings is 2. The van der Waals surface area contributed by atoms with Gasteiger partial charge in [-0.05, 0) is 29.7 Å². The maximum absolute atomic E-state index is 12.7. The predicted molar refractivity (Wildman–Crippen MR) is 109 cm³/mol. The van der Waals surface area contributed by atoms with Gasteiger partial charge in [0.2, 0.25) is 5.91 Å². The van der Waals surface area contributed by atoms with Crippen molar-refractivity contribution in [3.8, 4) is 5.75 Å². The molecule has 0 spiro atoms. The molecule has 0 aromatic heterocycles. The summed E-state index contributed by atoms with van der Waals surface area (Å²) in [6.45, 7) is 6.16. The zero-order chi connectivity index (χ0) is 19.2. The summed E-state index contributed by atoms with van der Waals surface area (Å²) < 4.78 is 5.44. The summed E-state index contributed by atoms with van der Waals surface area (Å²) in [5.74, 6) is 1.34. The molecule has 3 rings (SSSR count). The zero-order valence-electron chi connectivity index (χ0n) is 16.0. The first-order chi connectivity index (χ1) is 13.1. The van der Waals surface area contributed by atoms with Gasteiger partial charge in [0.1, 0.15) is 5.75 Å². The fourth-order valence-corrected chi connectivity index (χ4v) is 3.75. The molecule has 0 bridgehead atoms. The number of carbonyl (C=O) groups is 1. The van der Waals surface area contributed by atoms with Gasteiger partial charge in [-0.3, -0.25) is 9.69 Å². The Balaban J connectivity index is 1.51. The van der Waals surface area contributed by atoms with Crippen molar-refractivity contribution in [2.75, 3.05) is 33.3 Å². The van der Waals surface area contributed by atoms with E-state index in [2.05, 4.69) is 24.0 Å². The number of hydrogen-bond donors (Lipinski definition) is 0. The van der Waals surface area contributed by atoms with Gasteiger partial charge in [-0.15, -0.1) is 0 Å². The largest absolute Gasteiger partial charge is 0.496 e. The highest BCUT2D eigenvalue weighted by Crippen LogP contribution is 2.25. The van der Waals surface area contributed by atoms with Gasteiger partial charge in [0, 0.05) is 49.7 Å². The van der Waals surface area contributed by atoms with Gasteiger partial charge in [-0.25, -0.2) is 0 Å². The second-order valence-corrected chi connectivity index (χ2v) is 7.57. The zero-order valence-corrected chi connectivity index (χ0v) is 16.8. The highest BCUT2D eigenvalue weighted by atomic mass is 35.5. The summed E-state index contributed by atoms with van der Waals surface area (Å²) in [6, 6.07) is 15.9. The second kappa shape index (κ2) is 9.25. The van der Waals surface area contributed by atoms with Crippen molar-refractivity contribution < 1.29 is 9.53 Å². The number of methoxy groups -OCH3 is 1. The molecular formula is C22H27ClN2O2. The van der Waals surface area contributed by atoms with E-state index in [1.807, 2.05) is 41.3 Å². The average Bonchev–Trinajstić information content (AvgIpc) is 2.69. The first-order valence-corrected chi connectivity index (χ1v) is 9.82. The predicted octanol–water partition coefficient (Wildman–Crippen LogP) is 4.19. The highest BCUT2D eigenvalue weighted by Gasteiger charge is 2.23. The van der Waals surface area contributed by atoms with Crippen molar-refractivity contribution in [2.45, 2.75) is 25.8 Å². The van der Waals surface area contributed by atoms with Crippen LogP contribution in [0.1, 0.15) is 30.4 Å². The van der Waals surface area contributed by atoms with Crippen molar-refractivity contribution in [2.24, 2.45) is 0 Å². The van der Waals surface area contributed by atoms with Gasteiger partial charge in [0.25, 0.3) is 0 Å². The maximum Gasteiger partial charge on any atom is 0.223 e. The van der Waals surface area contributed by atoms with Crippen molar-refractivity contribution in [1.82, 2.24) is 9.80 Å². The van der Waals surface area contributed by atoms with Crippen LogP contribution >= 0.6 is 11.6 Å². The van der Waals surface area contributed by atoms with Crippen LogP contribution in [0.25, 0.3) is 0 Å². The van der Waals surface area contributed by atoms with Crippen LogP contribution in [0.5, 0.6) is 5.75 Å². The Morgan fingerprint density at radius 1 is 1.11 bits per heavy atom. The molecule has 4 nitrogen and oxygen atoms in total. The molecule has 0 aliphatic carbocycles. The van der Waals surface area contributed by atoms with Crippen molar-refractivity contribution in [3.05, 3.63) is 64.7 Å². The summed E-state index contributed by atoms with van der Waals surface area (Å²) in [5.41, 5.74) is 2.31. The Morgan fingerprint density at radius 3 is 2.48 bits per heavy atom. The number of piperazine rings is 1. The van der Waals surface area contributed by atoms with Crippen LogP contribution < -0.4 is 4.74 Å². The molecule has 1 aliphatic heterocycles. The molecule has 0 saturated carbocycles. The smallest absolute Gasteiger partial charge is 0.223 e. The molecule has 5 heteroatoms. The number of ether oxygens (including phenoxy) is 1. The third kappa shape index (κ3) is 5.24. The van der Waals surface area contributed by atoms with E-state index in [9.17, 15) is 4.79 Å². The van der Waals surface area contributed by atoms with E-state index in [4.69, 9.17) is 16.3 Å². The minimum atomic E-state index is 0.242. The van der Waals surface area contributed by atoms with Gasteiger partial charge in [0.05, 0.1) is 7.11 Å². The number of carbonyl (C=O) groups excluding carboxylic acids is 1. The Labute approximate surface area is 166 Å². The Bertz CT molecular complexity index is 758. The molecule has 1 heterocycles. The number of nitrogens with zero attached hydrogens (tertiary/aromatic N) is 2. The maximum atomic E-state index is 12.7. The first-order valence-electron chi connectivity index (χ1n) is 9.44. The Kier molecular flexibility index (Phi) is 6.75. The molecule has 1 aliphatic rings. The third-order valence-electron chi connectivity index (χ3n) is 5.21.